The molecular formula is C17H26ClNO. The van der Waals surface area contributed by atoms with Crippen LogP contribution in [-0.4, -0.2) is 11.7 Å². The van der Waals surface area contributed by atoms with Crippen molar-refractivity contribution in [1.82, 2.24) is 0 Å². The van der Waals surface area contributed by atoms with E-state index >= 15 is 0 Å². The predicted octanol–water partition coefficient (Wildman–Crippen LogP) is 4.37. The van der Waals surface area contributed by atoms with Crippen molar-refractivity contribution in [1.29, 1.82) is 0 Å². The van der Waals surface area contributed by atoms with Gasteiger partial charge >= 0.3 is 0 Å². The molecule has 1 atom stereocenters. The number of hydrogen-bond acceptors (Lipinski definition) is 2. The Hall–Kier alpha value is -0.570. The van der Waals surface area contributed by atoms with E-state index in [1.54, 1.807) is 0 Å². The molecule has 0 spiro atoms. The molecule has 0 aliphatic heterocycles. The van der Waals surface area contributed by atoms with Crippen LogP contribution in [0.25, 0.3) is 0 Å². The zero-order valence-electron chi connectivity index (χ0n) is 12.4. The molecule has 2 rings (SSSR count). The Bertz CT molecular complexity index is 439. The summed E-state index contributed by atoms with van der Waals surface area (Å²) in [5.74, 6) is 0. The van der Waals surface area contributed by atoms with Gasteiger partial charge in [-0.15, -0.1) is 0 Å². The highest BCUT2D eigenvalue weighted by atomic mass is 35.5. The van der Waals surface area contributed by atoms with Gasteiger partial charge in [0.05, 0.1) is 6.10 Å². The van der Waals surface area contributed by atoms with E-state index in [4.69, 9.17) is 17.3 Å². The van der Waals surface area contributed by atoms with Gasteiger partial charge in [0, 0.05) is 17.0 Å². The third kappa shape index (κ3) is 3.36. The highest BCUT2D eigenvalue weighted by molar-refractivity contribution is 6.31. The average Bonchev–Trinajstić information content (AvgIpc) is 2.42. The zero-order chi connectivity index (χ0) is 14.6. The molecule has 1 aromatic carbocycles. The van der Waals surface area contributed by atoms with Crippen LogP contribution in [0.2, 0.25) is 5.02 Å². The average molecular weight is 296 g/mol. The number of aliphatic hydroxyl groups excluding tert-OH is 1. The summed E-state index contributed by atoms with van der Waals surface area (Å²) in [5.41, 5.74) is 7.84. The minimum absolute atomic E-state index is 0.182. The summed E-state index contributed by atoms with van der Waals surface area (Å²) in [7, 11) is 0. The fourth-order valence-corrected chi connectivity index (χ4v) is 3.52. The minimum Gasteiger partial charge on any atom is -0.388 e. The van der Waals surface area contributed by atoms with Gasteiger partial charge in [-0.3, -0.25) is 0 Å². The van der Waals surface area contributed by atoms with Crippen LogP contribution in [-0.2, 0) is 0 Å². The molecule has 0 radical (unpaired) electrons. The van der Waals surface area contributed by atoms with Crippen molar-refractivity contribution in [3.8, 4) is 0 Å². The quantitative estimate of drug-likeness (QED) is 0.870. The van der Waals surface area contributed by atoms with Crippen LogP contribution in [0.4, 0.5) is 0 Å². The Morgan fingerprint density at radius 2 is 1.80 bits per heavy atom. The third-order valence-corrected chi connectivity index (χ3v) is 5.25. The molecule has 112 valence electrons. The minimum atomic E-state index is -0.510. The molecule has 0 aromatic heterocycles. The second-order valence-electron chi connectivity index (χ2n) is 6.25. The Balaban J connectivity index is 2.25. The molecule has 1 aromatic rings. The predicted molar refractivity (Wildman–Crippen MR) is 85.0 cm³/mol. The van der Waals surface area contributed by atoms with E-state index in [9.17, 15) is 5.11 Å². The molecule has 20 heavy (non-hydrogen) atoms. The number of aryl methyl sites for hydroxylation is 1. The first-order chi connectivity index (χ1) is 9.59. The van der Waals surface area contributed by atoms with Crippen LogP contribution < -0.4 is 5.73 Å². The van der Waals surface area contributed by atoms with E-state index in [1.807, 2.05) is 25.1 Å². The lowest BCUT2D eigenvalue weighted by molar-refractivity contribution is 0.00848. The lowest BCUT2D eigenvalue weighted by Gasteiger charge is -2.39. The molecule has 0 bridgehead atoms. The number of hydrogen-bond donors (Lipinski definition) is 2. The molecule has 3 heteroatoms. The van der Waals surface area contributed by atoms with Crippen molar-refractivity contribution in [2.24, 2.45) is 11.1 Å². The molecule has 0 saturated heterocycles. The largest absolute Gasteiger partial charge is 0.388 e. The van der Waals surface area contributed by atoms with Gasteiger partial charge in [-0.05, 0) is 37.0 Å². The van der Waals surface area contributed by atoms with Crippen LogP contribution in [0.15, 0.2) is 18.2 Å². The summed E-state index contributed by atoms with van der Waals surface area (Å²) >= 11 is 6.20. The summed E-state index contributed by atoms with van der Waals surface area (Å²) in [4.78, 5) is 0. The Kier molecular flexibility index (Phi) is 5.48. The van der Waals surface area contributed by atoms with Gasteiger partial charge in [0.15, 0.2) is 0 Å². The number of aliphatic hydroxyl groups is 1. The maximum Gasteiger partial charge on any atom is 0.0858 e. The van der Waals surface area contributed by atoms with Crippen LogP contribution >= 0.6 is 11.6 Å². The standard InChI is InChI=1S/C17H26ClNO/c1-13-7-8-14(11-15(13)18)16(20)17(12-19)9-5-3-2-4-6-10-17/h7-8,11,16,20H,2-6,9-10,12,19H2,1H3. The fraction of sp³-hybridized carbons (Fsp3) is 0.647. The van der Waals surface area contributed by atoms with Gasteiger partial charge in [-0.25, -0.2) is 0 Å². The normalized spacial score (nSPS) is 21.0. The van der Waals surface area contributed by atoms with Crippen molar-refractivity contribution < 1.29 is 5.11 Å². The summed E-state index contributed by atoms with van der Waals surface area (Å²) in [6, 6.07) is 5.87. The van der Waals surface area contributed by atoms with E-state index in [0.29, 0.717) is 6.54 Å². The molecule has 0 heterocycles. The Morgan fingerprint density at radius 3 is 2.35 bits per heavy atom. The van der Waals surface area contributed by atoms with Crippen molar-refractivity contribution in [3.63, 3.8) is 0 Å². The number of nitrogens with two attached hydrogens (primary N) is 1. The van der Waals surface area contributed by atoms with Crippen molar-refractivity contribution >= 4 is 11.6 Å². The van der Waals surface area contributed by atoms with Crippen LogP contribution in [0.5, 0.6) is 0 Å². The monoisotopic (exact) mass is 295 g/mol. The van der Waals surface area contributed by atoms with Gasteiger partial charge in [-0.1, -0.05) is 55.8 Å². The van der Waals surface area contributed by atoms with Gasteiger partial charge < -0.3 is 10.8 Å². The van der Waals surface area contributed by atoms with E-state index in [0.717, 1.165) is 41.8 Å². The first kappa shape index (κ1) is 15.8. The maximum absolute atomic E-state index is 10.9. The highest BCUT2D eigenvalue weighted by Crippen LogP contribution is 2.44. The summed E-state index contributed by atoms with van der Waals surface area (Å²) < 4.78 is 0. The highest BCUT2D eigenvalue weighted by Gasteiger charge is 2.37. The van der Waals surface area contributed by atoms with Crippen molar-refractivity contribution in [2.75, 3.05) is 6.54 Å². The SMILES string of the molecule is Cc1ccc(C(O)C2(CN)CCCCCCC2)cc1Cl. The van der Waals surface area contributed by atoms with Gasteiger partial charge in [0.2, 0.25) is 0 Å². The second-order valence-corrected chi connectivity index (χ2v) is 6.65. The first-order valence-electron chi connectivity index (χ1n) is 7.73. The second kappa shape index (κ2) is 6.93. The van der Waals surface area contributed by atoms with Crippen LogP contribution in [0, 0.1) is 12.3 Å². The number of benzene rings is 1. The fourth-order valence-electron chi connectivity index (χ4n) is 3.33. The molecule has 1 aliphatic carbocycles. The van der Waals surface area contributed by atoms with Crippen molar-refractivity contribution in [2.45, 2.75) is 58.0 Å². The van der Waals surface area contributed by atoms with E-state index in [1.165, 1.54) is 19.3 Å². The maximum atomic E-state index is 10.9. The van der Waals surface area contributed by atoms with Gasteiger partial charge in [-0.2, -0.15) is 0 Å². The molecule has 3 N–H and O–H groups in total. The third-order valence-electron chi connectivity index (χ3n) is 4.85. The van der Waals surface area contributed by atoms with Gasteiger partial charge in [0.1, 0.15) is 0 Å². The number of halogens is 1. The van der Waals surface area contributed by atoms with E-state index in [2.05, 4.69) is 0 Å². The molecule has 0 amide bonds. The zero-order valence-corrected chi connectivity index (χ0v) is 13.1. The molecular weight excluding hydrogens is 270 g/mol. The lowest BCUT2D eigenvalue weighted by Crippen LogP contribution is -2.37. The topological polar surface area (TPSA) is 46.2 Å². The molecule has 1 aliphatic rings. The summed E-state index contributed by atoms with van der Waals surface area (Å²) in [5, 5.41) is 11.6. The Labute approximate surface area is 127 Å². The van der Waals surface area contributed by atoms with E-state index in [-0.39, 0.29) is 5.41 Å². The Morgan fingerprint density at radius 1 is 1.20 bits per heavy atom. The summed E-state index contributed by atoms with van der Waals surface area (Å²) in [6.45, 7) is 2.52. The molecule has 2 nitrogen and oxygen atoms in total. The van der Waals surface area contributed by atoms with Crippen LogP contribution in [0.3, 0.4) is 0 Å². The van der Waals surface area contributed by atoms with Crippen molar-refractivity contribution in [3.05, 3.63) is 34.3 Å². The first-order valence-corrected chi connectivity index (χ1v) is 8.11. The van der Waals surface area contributed by atoms with Crippen LogP contribution in [0.1, 0.15) is 62.2 Å². The number of rotatable bonds is 3. The van der Waals surface area contributed by atoms with E-state index < -0.39 is 6.10 Å². The van der Waals surface area contributed by atoms with Gasteiger partial charge in [0.25, 0.3) is 0 Å². The molecule has 1 saturated carbocycles. The molecule has 1 unspecified atom stereocenters. The smallest absolute Gasteiger partial charge is 0.0858 e. The lowest BCUT2D eigenvalue weighted by atomic mass is 9.70. The summed E-state index contributed by atoms with van der Waals surface area (Å²) in [6.07, 6.45) is 7.65. The molecule has 1 fully saturated rings.